The number of aryl methyl sites for hydroxylation is 1. The van der Waals surface area contributed by atoms with E-state index in [0.29, 0.717) is 6.10 Å². The predicted molar refractivity (Wildman–Crippen MR) is 67.6 cm³/mol. The average Bonchev–Trinajstić information content (AvgIpc) is 2.27. The Labute approximate surface area is 98.8 Å². The molecule has 1 unspecified atom stereocenters. The molecule has 1 heteroatoms. The summed E-state index contributed by atoms with van der Waals surface area (Å²) in [7, 11) is 0. The first-order chi connectivity index (χ1) is 7.66. The molecule has 1 aromatic carbocycles. The van der Waals surface area contributed by atoms with E-state index < -0.39 is 0 Å². The van der Waals surface area contributed by atoms with Crippen LogP contribution in [0.2, 0.25) is 0 Å². The maximum Gasteiger partial charge on any atom is 0.0630 e. The molecule has 1 atom stereocenters. The Morgan fingerprint density at radius 1 is 1.25 bits per heavy atom. The first-order valence-corrected chi connectivity index (χ1v) is 6.37. The lowest BCUT2D eigenvalue weighted by molar-refractivity contribution is -0.108. The molecule has 0 spiro atoms. The molecule has 0 N–H and O–H groups in total. The van der Waals surface area contributed by atoms with Crippen LogP contribution in [0.4, 0.5) is 0 Å². The molecule has 16 heavy (non-hydrogen) atoms. The van der Waals surface area contributed by atoms with E-state index in [1.807, 2.05) is 0 Å². The molecule has 1 heterocycles. The van der Waals surface area contributed by atoms with E-state index in [-0.39, 0.29) is 5.60 Å². The first-order valence-electron chi connectivity index (χ1n) is 6.37. The van der Waals surface area contributed by atoms with Crippen LogP contribution in [0.15, 0.2) is 30.3 Å². The third-order valence-corrected chi connectivity index (χ3v) is 3.39. The van der Waals surface area contributed by atoms with Crippen molar-refractivity contribution in [1.82, 2.24) is 0 Å². The summed E-state index contributed by atoms with van der Waals surface area (Å²) in [6, 6.07) is 10.7. The van der Waals surface area contributed by atoms with Crippen LogP contribution in [0.5, 0.6) is 0 Å². The summed E-state index contributed by atoms with van der Waals surface area (Å²) in [4.78, 5) is 0. The van der Waals surface area contributed by atoms with Crippen molar-refractivity contribution in [2.45, 2.75) is 57.7 Å². The minimum atomic E-state index is 0.0968. The number of rotatable bonds is 3. The molecule has 1 nitrogen and oxygen atoms in total. The molecule has 1 aliphatic rings. The summed E-state index contributed by atoms with van der Waals surface area (Å²) in [5.74, 6) is 0. The second-order valence-corrected chi connectivity index (χ2v) is 5.42. The molecular weight excluding hydrogens is 196 g/mol. The molecule has 1 saturated heterocycles. The molecule has 1 aromatic rings. The lowest BCUT2D eigenvalue weighted by Gasteiger charge is -2.36. The van der Waals surface area contributed by atoms with E-state index in [2.05, 4.69) is 44.2 Å². The summed E-state index contributed by atoms with van der Waals surface area (Å²) < 4.78 is 6.10. The molecule has 0 bridgehead atoms. The monoisotopic (exact) mass is 218 g/mol. The Hall–Kier alpha value is -0.820. The van der Waals surface area contributed by atoms with Crippen molar-refractivity contribution in [1.29, 1.82) is 0 Å². The average molecular weight is 218 g/mol. The van der Waals surface area contributed by atoms with Gasteiger partial charge in [-0.2, -0.15) is 0 Å². The zero-order chi connectivity index (χ0) is 11.4. The Bertz CT molecular complexity index is 315. The third kappa shape index (κ3) is 3.34. The van der Waals surface area contributed by atoms with Crippen LogP contribution in [0.1, 0.15) is 45.1 Å². The molecule has 0 amide bonds. The molecule has 0 aliphatic carbocycles. The van der Waals surface area contributed by atoms with E-state index >= 15 is 0 Å². The molecule has 0 aromatic heterocycles. The van der Waals surface area contributed by atoms with Gasteiger partial charge in [0, 0.05) is 0 Å². The number of ether oxygens (including phenoxy) is 1. The van der Waals surface area contributed by atoms with Crippen LogP contribution in [-0.2, 0) is 11.2 Å². The van der Waals surface area contributed by atoms with Gasteiger partial charge in [-0.25, -0.2) is 0 Å². The molecule has 1 aliphatic heterocycles. The summed E-state index contributed by atoms with van der Waals surface area (Å²) in [6.45, 7) is 4.42. The highest BCUT2D eigenvalue weighted by molar-refractivity contribution is 5.14. The van der Waals surface area contributed by atoms with Crippen LogP contribution in [0.3, 0.4) is 0 Å². The van der Waals surface area contributed by atoms with E-state index in [1.54, 1.807) is 0 Å². The minimum absolute atomic E-state index is 0.0968. The van der Waals surface area contributed by atoms with E-state index in [1.165, 1.54) is 24.8 Å². The maximum absolute atomic E-state index is 6.10. The topological polar surface area (TPSA) is 9.23 Å². The lowest BCUT2D eigenvalue weighted by Crippen LogP contribution is -2.35. The van der Waals surface area contributed by atoms with Crippen molar-refractivity contribution in [2.75, 3.05) is 0 Å². The largest absolute Gasteiger partial charge is 0.372 e. The smallest absolute Gasteiger partial charge is 0.0630 e. The van der Waals surface area contributed by atoms with Crippen molar-refractivity contribution in [3.8, 4) is 0 Å². The highest BCUT2D eigenvalue weighted by atomic mass is 16.5. The van der Waals surface area contributed by atoms with Gasteiger partial charge >= 0.3 is 0 Å². The molecule has 2 rings (SSSR count). The number of hydrogen-bond acceptors (Lipinski definition) is 1. The zero-order valence-corrected chi connectivity index (χ0v) is 10.4. The Kier molecular flexibility index (Phi) is 3.65. The van der Waals surface area contributed by atoms with E-state index in [4.69, 9.17) is 4.74 Å². The van der Waals surface area contributed by atoms with Crippen LogP contribution >= 0.6 is 0 Å². The SMILES string of the molecule is CC1(C)CCCC(CCc2ccccc2)O1. The molecule has 0 saturated carbocycles. The zero-order valence-electron chi connectivity index (χ0n) is 10.4. The molecule has 88 valence electrons. The predicted octanol–water partition coefficient (Wildman–Crippen LogP) is 3.97. The van der Waals surface area contributed by atoms with E-state index in [9.17, 15) is 0 Å². The summed E-state index contributed by atoms with van der Waals surface area (Å²) in [6.07, 6.45) is 6.51. The standard InChI is InChI=1S/C15H22O/c1-15(2)12-6-9-14(16-15)11-10-13-7-4-3-5-8-13/h3-5,7-8,14H,6,9-12H2,1-2H3. The number of benzene rings is 1. The molecule has 1 fully saturated rings. The highest BCUT2D eigenvalue weighted by Crippen LogP contribution is 2.29. The fraction of sp³-hybridized carbons (Fsp3) is 0.600. The van der Waals surface area contributed by atoms with Gasteiger partial charge in [0.15, 0.2) is 0 Å². The Morgan fingerprint density at radius 2 is 2.00 bits per heavy atom. The maximum atomic E-state index is 6.10. The molecular formula is C15H22O. The van der Waals surface area contributed by atoms with Gasteiger partial charge in [-0.3, -0.25) is 0 Å². The quantitative estimate of drug-likeness (QED) is 0.746. The second kappa shape index (κ2) is 5.01. The van der Waals surface area contributed by atoms with Crippen LogP contribution in [0, 0.1) is 0 Å². The van der Waals surface area contributed by atoms with Crippen molar-refractivity contribution in [3.63, 3.8) is 0 Å². The highest BCUT2D eigenvalue weighted by Gasteiger charge is 2.27. The van der Waals surface area contributed by atoms with E-state index in [0.717, 1.165) is 12.8 Å². The lowest BCUT2D eigenvalue weighted by atomic mass is 9.93. The van der Waals surface area contributed by atoms with Gasteiger partial charge in [-0.15, -0.1) is 0 Å². The second-order valence-electron chi connectivity index (χ2n) is 5.42. The van der Waals surface area contributed by atoms with Crippen molar-refractivity contribution < 1.29 is 4.74 Å². The summed E-state index contributed by atoms with van der Waals surface area (Å²) >= 11 is 0. The van der Waals surface area contributed by atoms with Gasteiger partial charge in [-0.1, -0.05) is 30.3 Å². The first kappa shape index (κ1) is 11.7. The van der Waals surface area contributed by atoms with Crippen LogP contribution in [0.25, 0.3) is 0 Å². The fourth-order valence-electron chi connectivity index (χ4n) is 2.50. The Morgan fingerprint density at radius 3 is 2.69 bits per heavy atom. The number of hydrogen-bond donors (Lipinski definition) is 0. The third-order valence-electron chi connectivity index (χ3n) is 3.39. The fourth-order valence-corrected chi connectivity index (χ4v) is 2.50. The van der Waals surface area contributed by atoms with Gasteiger partial charge < -0.3 is 4.74 Å². The molecule has 0 radical (unpaired) electrons. The van der Waals surface area contributed by atoms with Gasteiger partial charge in [0.05, 0.1) is 11.7 Å². The summed E-state index contributed by atoms with van der Waals surface area (Å²) in [5.41, 5.74) is 1.52. The van der Waals surface area contributed by atoms with Crippen molar-refractivity contribution in [2.24, 2.45) is 0 Å². The van der Waals surface area contributed by atoms with Crippen molar-refractivity contribution in [3.05, 3.63) is 35.9 Å². The van der Waals surface area contributed by atoms with Gasteiger partial charge in [0.1, 0.15) is 0 Å². The van der Waals surface area contributed by atoms with Gasteiger partial charge in [0.2, 0.25) is 0 Å². The van der Waals surface area contributed by atoms with Crippen LogP contribution < -0.4 is 0 Å². The van der Waals surface area contributed by atoms with Crippen LogP contribution in [-0.4, -0.2) is 11.7 Å². The normalized spacial score (nSPS) is 24.2. The van der Waals surface area contributed by atoms with Gasteiger partial charge in [0.25, 0.3) is 0 Å². The minimum Gasteiger partial charge on any atom is -0.372 e. The Balaban J connectivity index is 1.82. The van der Waals surface area contributed by atoms with Crippen molar-refractivity contribution >= 4 is 0 Å². The van der Waals surface area contributed by atoms with Gasteiger partial charge in [-0.05, 0) is 51.5 Å². The summed E-state index contributed by atoms with van der Waals surface area (Å²) in [5, 5.41) is 0.